The third-order valence-electron chi connectivity index (χ3n) is 5.43. The fourth-order valence-electron chi connectivity index (χ4n) is 4.13. The van der Waals surface area contributed by atoms with Gasteiger partial charge in [0.2, 0.25) is 0 Å². The first-order valence-electron chi connectivity index (χ1n) is 9.21. The topological polar surface area (TPSA) is 46.3 Å². The Hall–Kier alpha value is -3.85. The Balaban J connectivity index is 1.78. The predicted octanol–water partition coefficient (Wildman–Crippen LogP) is 6.66. The lowest BCUT2D eigenvalue weighted by atomic mass is 9.99. The molecule has 4 aromatic carbocycles. The Morgan fingerprint density at radius 2 is 1.32 bits per heavy atom. The third-order valence-corrected chi connectivity index (χ3v) is 5.43. The first-order valence-corrected chi connectivity index (χ1v) is 9.21. The average molecular weight is 361 g/mol. The van der Waals surface area contributed by atoms with E-state index in [1.807, 2.05) is 24.3 Å². The van der Waals surface area contributed by atoms with E-state index in [4.69, 9.17) is 4.42 Å². The third kappa shape index (κ3) is 2.01. The maximum Gasteiger partial charge on any atom is 0.148 e. The van der Waals surface area contributed by atoms with Gasteiger partial charge in [-0.1, -0.05) is 42.5 Å². The van der Waals surface area contributed by atoms with E-state index in [9.17, 15) is 5.11 Å². The van der Waals surface area contributed by atoms with Crippen LogP contribution in [0.1, 0.15) is 0 Å². The predicted molar refractivity (Wildman–Crippen MR) is 114 cm³/mol. The van der Waals surface area contributed by atoms with Gasteiger partial charge >= 0.3 is 0 Å². The summed E-state index contributed by atoms with van der Waals surface area (Å²) in [6.07, 6.45) is 1.72. The molecule has 28 heavy (non-hydrogen) atoms. The van der Waals surface area contributed by atoms with Gasteiger partial charge in [-0.15, -0.1) is 0 Å². The molecular formula is C25H15NO2. The number of hydrogen-bond acceptors (Lipinski definition) is 3. The lowest BCUT2D eigenvalue weighted by Crippen LogP contribution is -1.83. The summed E-state index contributed by atoms with van der Waals surface area (Å²) in [7, 11) is 0. The van der Waals surface area contributed by atoms with Gasteiger partial charge in [-0.05, 0) is 52.6 Å². The molecule has 0 spiro atoms. The van der Waals surface area contributed by atoms with Gasteiger partial charge < -0.3 is 9.52 Å². The maximum absolute atomic E-state index is 10.5. The standard InChI is InChI=1S/C25H15NO2/c27-22-13-12-20-19-11-10-17-16-6-2-1-5-15(16)8-9-18(17)24(19)28-25(20)23(22)21-7-3-4-14-26-21/h1-14,27H. The highest BCUT2D eigenvalue weighted by Gasteiger charge is 2.18. The normalized spacial score (nSPS) is 11.7. The largest absolute Gasteiger partial charge is 0.507 e. The Labute approximate surface area is 160 Å². The van der Waals surface area contributed by atoms with Gasteiger partial charge in [0.1, 0.15) is 16.9 Å². The summed E-state index contributed by atoms with van der Waals surface area (Å²) >= 11 is 0. The van der Waals surface area contributed by atoms with E-state index >= 15 is 0 Å². The fourth-order valence-corrected chi connectivity index (χ4v) is 4.13. The molecule has 0 saturated carbocycles. The second-order valence-corrected chi connectivity index (χ2v) is 6.98. The molecule has 2 heterocycles. The van der Waals surface area contributed by atoms with Crippen molar-refractivity contribution in [3.05, 3.63) is 85.1 Å². The van der Waals surface area contributed by atoms with Crippen LogP contribution in [0, 0.1) is 0 Å². The number of benzene rings is 4. The van der Waals surface area contributed by atoms with E-state index in [0.717, 1.165) is 27.1 Å². The summed E-state index contributed by atoms with van der Waals surface area (Å²) in [6, 6.07) is 26.1. The number of nitrogens with zero attached hydrogens (tertiary/aromatic N) is 1. The smallest absolute Gasteiger partial charge is 0.148 e. The summed E-state index contributed by atoms with van der Waals surface area (Å²) in [6.45, 7) is 0. The highest BCUT2D eigenvalue weighted by Crippen LogP contribution is 2.42. The van der Waals surface area contributed by atoms with Gasteiger partial charge in [0.05, 0.1) is 11.3 Å². The van der Waals surface area contributed by atoms with Crippen LogP contribution < -0.4 is 0 Å². The number of aromatic hydroxyl groups is 1. The fraction of sp³-hybridized carbons (Fsp3) is 0. The minimum Gasteiger partial charge on any atom is -0.507 e. The number of phenols is 1. The Kier molecular flexibility index (Phi) is 3.03. The molecule has 0 unspecified atom stereocenters. The lowest BCUT2D eigenvalue weighted by molar-refractivity contribution is 0.477. The zero-order valence-corrected chi connectivity index (χ0v) is 14.9. The summed E-state index contributed by atoms with van der Waals surface area (Å²) in [5.41, 5.74) is 2.82. The molecule has 0 atom stereocenters. The van der Waals surface area contributed by atoms with Gasteiger partial charge in [0.15, 0.2) is 0 Å². The number of pyridine rings is 1. The van der Waals surface area contributed by atoms with Crippen molar-refractivity contribution < 1.29 is 9.52 Å². The monoisotopic (exact) mass is 361 g/mol. The molecule has 0 bridgehead atoms. The van der Waals surface area contributed by atoms with Crippen LogP contribution in [-0.2, 0) is 0 Å². The summed E-state index contributed by atoms with van der Waals surface area (Å²) in [5, 5.41) is 17.2. The first kappa shape index (κ1) is 15.2. The van der Waals surface area contributed by atoms with Crippen LogP contribution in [0.3, 0.4) is 0 Å². The molecule has 1 N–H and O–H groups in total. The van der Waals surface area contributed by atoms with Gasteiger partial charge in [-0.25, -0.2) is 0 Å². The molecule has 0 saturated heterocycles. The first-order chi connectivity index (χ1) is 13.8. The number of furan rings is 1. The summed E-state index contributed by atoms with van der Waals surface area (Å²) < 4.78 is 6.38. The number of aromatic nitrogens is 1. The zero-order chi connectivity index (χ0) is 18.7. The van der Waals surface area contributed by atoms with Gasteiger partial charge in [-0.2, -0.15) is 0 Å². The number of rotatable bonds is 1. The number of hydrogen-bond donors (Lipinski definition) is 1. The maximum atomic E-state index is 10.5. The highest BCUT2D eigenvalue weighted by atomic mass is 16.3. The Bertz CT molecular complexity index is 1510. The van der Waals surface area contributed by atoms with Crippen LogP contribution in [0.5, 0.6) is 5.75 Å². The summed E-state index contributed by atoms with van der Waals surface area (Å²) in [5.74, 6) is 0.167. The number of phenolic OH excluding ortho intramolecular Hbond substituents is 1. The zero-order valence-electron chi connectivity index (χ0n) is 14.9. The molecular weight excluding hydrogens is 346 g/mol. The van der Waals surface area contributed by atoms with Crippen LogP contribution >= 0.6 is 0 Å². The van der Waals surface area contributed by atoms with Crippen LogP contribution in [0.25, 0.3) is 54.7 Å². The van der Waals surface area contributed by atoms with Crippen molar-refractivity contribution in [1.29, 1.82) is 0 Å². The van der Waals surface area contributed by atoms with Gasteiger partial charge in [-0.3, -0.25) is 4.98 Å². The molecule has 3 nitrogen and oxygen atoms in total. The van der Waals surface area contributed by atoms with Crippen LogP contribution in [0.4, 0.5) is 0 Å². The molecule has 132 valence electrons. The Morgan fingerprint density at radius 3 is 2.21 bits per heavy atom. The highest BCUT2D eigenvalue weighted by molar-refractivity contribution is 6.21. The molecule has 0 aliphatic heterocycles. The number of fused-ring (bicyclic) bond motifs is 7. The lowest BCUT2D eigenvalue weighted by Gasteiger charge is -2.04. The van der Waals surface area contributed by atoms with Crippen LogP contribution in [0.2, 0.25) is 0 Å². The molecule has 0 aliphatic rings. The van der Waals surface area contributed by atoms with Crippen LogP contribution in [-0.4, -0.2) is 10.1 Å². The Morgan fingerprint density at radius 1 is 0.607 bits per heavy atom. The van der Waals surface area contributed by atoms with Crippen molar-refractivity contribution in [2.24, 2.45) is 0 Å². The van der Waals surface area contributed by atoms with Crippen LogP contribution in [0.15, 0.2) is 89.5 Å². The van der Waals surface area contributed by atoms with Crippen molar-refractivity contribution in [3.63, 3.8) is 0 Å². The molecule has 0 aliphatic carbocycles. The van der Waals surface area contributed by atoms with E-state index < -0.39 is 0 Å². The minimum atomic E-state index is 0.167. The SMILES string of the molecule is Oc1ccc2c(oc3c2ccc2c4ccccc4ccc23)c1-c1ccccn1. The second-order valence-electron chi connectivity index (χ2n) is 6.98. The van der Waals surface area contributed by atoms with Crippen molar-refractivity contribution in [2.75, 3.05) is 0 Å². The molecule has 6 rings (SSSR count). The van der Waals surface area contributed by atoms with E-state index in [-0.39, 0.29) is 5.75 Å². The van der Waals surface area contributed by atoms with E-state index in [0.29, 0.717) is 16.8 Å². The van der Waals surface area contributed by atoms with Gasteiger partial charge in [0, 0.05) is 22.4 Å². The van der Waals surface area contributed by atoms with E-state index in [1.165, 1.54) is 10.8 Å². The molecule has 3 heteroatoms. The molecule has 0 radical (unpaired) electrons. The molecule has 0 amide bonds. The summed E-state index contributed by atoms with van der Waals surface area (Å²) in [4.78, 5) is 4.41. The second kappa shape index (κ2) is 5.57. The molecule has 0 fully saturated rings. The van der Waals surface area contributed by atoms with E-state index in [2.05, 4.69) is 53.5 Å². The molecule has 2 aromatic heterocycles. The van der Waals surface area contributed by atoms with Crippen molar-refractivity contribution >= 4 is 43.5 Å². The minimum absolute atomic E-state index is 0.167. The quantitative estimate of drug-likeness (QED) is 0.333. The van der Waals surface area contributed by atoms with Crippen molar-refractivity contribution in [1.82, 2.24) is 4.98 Å². The van der Waals surface area contributed by atoms with E-state index in [1.54, 1.807) is 12.3 Å². The molecule has 6 aromatic rings. The average Bonchev–Trinajstić information content (AvgIpc) is 3.12. The van der Waals surface area contributed by atoms with Crippen molar-refractivity contribution in [3.8, 4) is 17.0 Å². The van der Waals surface area contributed by atoms with Crippen molar-refractivity contribution in [2.45, 2.75) is 0 Å². The van der Waals surface area contributed by atoms with Gasteiger partial charge in [0.25, 0.3) is 0 Å².